The molecule has 0 atom stereocenters. The number of hydrogen-bond donors (Lipinski definition) is 2. The van der Waals surface area contributed by atoms with Crippen LogP contribution in [0.5, 0.6) is 0 Å². The van der Waals surface area contributed by atoms with Crippen LogP contribution in [0.4, 0.5) is 0 Å². The van der Waals surface area contributed by atoms with E-state index >= 15 is 0 Å². The Bertz CT molecular complexity index is 356. The smallest absolute Gasteiger partial charge is 0.230 e. The van der Waals surface area contributed by atoms with Gasteiger partial charge in [-0.1, -0.05) is 19.3 Å². The minimum atomic E-state index is -0.306. The fourth-order valence-corrected chi connectivity index (χ4v) is 3.58. The van der Waals surface area contributed by atoms with Crippen LogP contribution in [0, 0.1) is 5.41 Å². The average Bonchev–Trinajstić information content (AvgIpc) is 2.47. The molecule has 3 N–H and O–H groups in total. The van der Waals surface area contributed by atoms with Crippen LogP contribution in [0.3, 0.4) is 0 Å². The number of carbonyl (C=O) groups is 2. The Hall–Kier alpha value is -1.10. The predicted octanol–water partition coefficient (Wildman–Crippen LogP) is 1.02. The van der Waals surface area contributed by atoms with Crippen molar-refractivity contribution in [3.8, 4) is 0 Å². The van der Waals surface area contributed by atoms with Gasteiger partial charge in [0.1, 0.15) is 0 Å². The summed E-state index contributed by atoms with van der Waals surface area (Å²) in [7, 11) is 0. The Balaban J connectivity index is 1.92. The Morgan fingerprint density at radius 3 is 2.30 bits per heavy atom. The van der Waals surface area contributed by atoms with Gasteiger partial charge >= 0.3 is 0 Å². The molecular formula is C15H27N3O2. The lowest BCUT2D eigenvalue weighted by Crippen LogP contribution is -2.53. The van der Waals surface area contributed by atoms with Crippen molar-refractivity contribution in [2.24, 2.45) is 11.1 Å². The molecule has 2 aliphatic rings. The molecule has 5 nitrogen and oxygen atoms in total. The lowest BCUT2D eigenvalue weighted by Gasteiger charge is -2.41. The molecule has 2 rings (SSSR count). The van der Waals surface area contributed by atoms with Crippen LogP contribution in [0.2, 0.25) is 0 Å². The van der Waals surface area contributed by atoms with Crippen molar-refractivity contribution in [2.45, 2.75) is 57.9 Å². The van der Waals surface area contributed by atoms with Crippen LogP contribution in [0.1, 0.15) is 51.9 Å². The number of nitrogens with two attached hydrogens (primary N) is 1. The molecule has 0 aromatic carbocycles. The van der Waals surface area contributed by atoms with E-state index in [0.29, 0.717) is 6.54 Å². The molecule has 0 unspecified atom stereocenters. The molecule has 0 aromatic heterocycles. The van der Waals surface area contributed by atoms with Crippen LogP contribution < -0.4 is 11.1 Å². The molecular weight excluding hydrogens is 254 g/mol. The molecule has 1 heterocycles. The lowest BCUT2D eigenvalue weighted by molar-refractivity contribution is -0.144. The monoisotopic (exact) mass is 281 g/mol. The van der Waals surface area contributed by atoms with E-state index in [1.165, 1.54) is 6.42 Å². The highest BCUT2D eigenvalue weighted by Crippen LogP contribution is 2.37. The topological polar surface area (TPSA) is 75.4 Å². The molecule has 114 valence electrons. The van der Waals surface area contributed by atoms with E-state index in [4.69, 9.17) is 5.73 Å². The summed E-state index contributed by atoms with van der Waals surface area (Å²) in [4.78, 5) is 25.8. The highest BCUT2D eigenvalue weighted by atomic mass is 16.2. The number of piperidine rings is 1. The summed E-state index contributed by atoms with van der Waals surface area (Å²) in [6, 6.07) is 0.219. The third-order valence-corrected chi connectivity index (χ3v) is 4.84. The highest BCUT2D eigenvalue weighted by Gasteiger charge is 2.41. The fourth-order valence-electron chi connectivity index (χ4n) is 3.58. The van der Waals surface area contributed by atoms with Crippen molar-refractivity contribution in [1.29, 1.82) is 0 Å². The number of nitrogens with one attached hydrogen (secondary N) is 1. The lowest BCUT2D eigenvalue weighted by atomic mass is 9.72. The van der Waals surface area contributed by atoms with Crippen molar-refractivity contribution in [2.75, 3.05) is 19.6 Å². The number of carbonyl (C=O) groups excluding carboxylic acids is 2. The first-order valence-electron chi connectivity index (χ1n) is 7.84. The summed E-state index contributed by atoms with van der Waals surface area (Å²) < 4.78 is 0. The summed E-state index contributed by atoms with van der Waals surface area (Å²) in [6.45, 7) is 3.50. The van der Waals surface area contributed by atoms with E-state index in [0.717, 1.165) is 51.6 Å². The zero-order chi connectivity index (χ0) is 14.6. The van der Waals surface area contributed by atoms with Crippen LogP contribution in [-0.2, 0) is 9.59 Å². The molecule has 1 saturated heterocycles. The van der Waals surface area contributed by atoms with E-state index < -0.39 is 0 Å². The SMILES string of the molecule is CC(=O)NC1CCN(C(=O)C2(CN)CCCCC2)CC1. The number of rotatable bonds is 3. The van der Waals surface area contributed by atoms with Crippen LogP contribution in [-0.4, -0.2) is 42.4 Å². The van der Waals surface area contributed by atoms with E-state index in [1.54, 1.807) is 6.92 Å². The molecule has 1 aliphatic heterocycles. The first-order valence-corrected chi connectivity index (χ1v) is 7.84. The Morgan fingerprint density at radius 1 is 1.20 bits per heavy atom. The molecule has 0 bridgehead atoms. The molecule has 2 amide bonds. The van der Waals surface area contributed by atoms with Crippen LogP contribution in [0.15, 0.2) is 0 Å². The maximum atomic E-state index is 12.8. The van der Waals surface area contributed by atoms with Gasteiger partial charge in [0, 0.05) is 32.6 Å². The number of hydrogen-bond acceptors (Lipinski definition) is 3. The summed E-state index contributed by atoms with van der Waals surface area (Å²) in [5.74, 6) is 0.265. The van der Waals surface area contributed by atoms with Crippen molar-refractivity contribution in [1.82, 2.24) is 10.2 Å². The number of likely N-dealkylation sites (tertiary alicyclic amines) is 1. The van der Waals surface area contributed by atoms with Gasteiger partial charge in [-0.25, -0.2) is 0 Å². The quantitative estimate of drug-likeness (QED) is 0.811. The number of amides is 2. The molecule has 0 radical (unpaired) electrons. The second kappa shape index (κ2) is 6.57. The maximum Gasteiger partial charge on any atom is 0.230 e. The fraction of sp³-hybridized carbons (Fsp3) is 0.867. The summed E-state index contributed by atoms with van der Waals surface area (Å²) >= 11 is 0. The van der Waals surface area contributed by atoms with Crippen molar-refractivity contribution in [3.63, 3.8) is 0 Å². The third-order valence-electron chi connectivity index (χ3n) is 4.84. The van der Waals surface area contributed by atoms with E-state index in [-0.39, 0.29) is 23.3 Å². The van der Waals surface area contributed by atoms with E-state index in [1.807, 2.05) is 4.90 Å². The van der Waals surface area contributed by atoms with Gasteiger partial charge in [0.2, 0.25) is 11.8 Å². The first kappa shape index (κ1) is 15.3. The average molecular weight is 281 g/mol. The zero-order valence-corrected chi connectivity index (χ0v) is 12.5. The Kier molecular flexibility index (Phi) is 5.02. The van der Waals surface area contributed by atoms with Gasteiger partial charge < -0.3 is 16.0 Å². The van der Waals surface area contributed by atoms with Crippen LogP contribution >= 0.6 is 0 Å². The molecule has 5 heteroatoms. The molecule has 0 spiro atoms. The predicted molar refractivity (Wildman–Crippen MR) is 78.0 cm³/mol. The molecule has 2 fully saturated rings. The largest absolute Gasteiger partial charge is 0.353 e. The summed E-state index contributed by atoms with van der Waals surface area (Å²) in [5.41, 5.74) is 5.63. The highest BCUT2D eigenvalue weighted by molar-refractivity contribution is 5.83. The van der Waals surface area contributed by atoms with Gasteiger partial charge in [-0.3, -0.25) is 9.59 Å². The van der Waals surface area contributed by atoms with Gasteiger partial charge in [0.05, 0.1) is 5.41 Å². The van der Waals surface area contributed by atoms with Crippen molar-refractivity contribution < 1.29 is 9.59 Å². The third kappa shape index (κ3) is 3.32. The zero-order valence-electron chi connectivity index (χ0n) is 12.5. The van der Waals surface area contributed by atoms with Gasteiger partial charge in [-0.2, -0.15) is 0 Å². The van der Waals surface area contributed by atoms with Crippen LogP contribution in [0.25, 0.3) is 0 Å². The molecule has 20 heavy (non-hydrogen) atoms. The van der Waals surface area contributed by atoms with Gasteiger partial charge in [0.25, 0.3) is 0 Å². The Labute approximate surface area is 121 Å². The standard InChI is InChI=1S/C15H27N3O2/c1-12(19)17-13-5-9-18(10-6-13)14(20)15(11-16)7-3-2-4-8-15/h13H,2-11,16H2,1H3,(H,17,19). The minimum absolute atomic E-state index is 0.0143. The molecule has 1 aliphatic carbocycles. The first-order chi connectivity index (χ1) is 9.57. The summed E-state index contributed by atoms with van der Waals surface area (Å²) in [5, 5.41) is 2.94. The molecule has 0 aromatic rings. The van der Waals surface area contributed by atoms with E-state index in [2.05, 4.69) is 5.32 Å². The van der Waals surface area contributed by atoms with Crippen molar-refractivity contribution >= 4 is 11.8 Å². The second-order valence-corrected chi connectivity index (χ2v) is 6.31. The van der Waals surface area contributed by atoms with Gasteiger partial charge in [-0.05, 0) is 25.7 Å². The number of nitrogens with zero attached hydrogens (tertiary/aromatic N) is 1. The van der Waals surface area contributed by atoms with E-state index in [9.17, 15) is 9.59 Å². The Morgan fingerprint density at radius 2 is 1.80 bits per heavy atom. The summed E-state index contributed by atoms with van der Waals surface area (Å²) in [6.07, 6.45) is 7.04. The minimum Gasteiger partial charge on any atom is -0.353 e. The van der Waals surface area contributed by atoms with Gasteiger partial charge in [0.15, 0.2) is 0 Å². The molecule has 1 saturated carbocycles. The van der Waals surface area contributed by atoms with Crippen molar-refractivity contribution in [3.05, 3.63) is 0 Å². The second-order valence-electron chi connectivity index (χ2n) is 6.31. The normalized spacial score (nSPS) is 23.4. The maximum absolute atomic E-state index is 12.8. The van der Waals surface area contributed by atoms with Gasteiger partial charge in [-0.15, -0.1) is 0 Å².